The molecule has 2 atom stereocenters. The molecule has 4 heteroatoms. The van der Waals surface area contributed by atoms with E-state index in [1.807, 2.05) is 0 Å². The smallest absolute Gasteiger partial charge is 0.306 e. The van der Waals surface area contributed by atoms with Crippen LogP contribution < -0.4 is 0 Å². The van der Waals surface area contributed by atoms with Crippen molar-refractivity contribution in [1.29, 1.82) is 0 Å². The SMILES string of the molecule is CCCCC/C=C\C/C=C\CCCCCCCC(=O)O[C@@H]1CCCC[C@@H]1OC(=O)CCCCCCCCCCCCCCC. The molecular formula is C40H72O4. The molecule has 0 bridgehead atoms. The Morgan fingerprint density at radius 3 is 1.25 bits per heavy atom. The van der Waals surface area contributed by atoms with E-state index in [9.17, 15) is 9.59 Å². The van der Waals surface area contributed by atoms with Crippen molar-refractivity contribution in [3.05, 3.63) is 24.3 Å². The number of allylic oxidation sites excluding steroid dienone is 4. The second-order valence-corrected chi connectivity index (χ2v) is 13.3. The van der Waals surface area contributed by atoms with Crippen LogP contribution in [0.5, 0.6) is 0 Å². The van der Waals surface area contributed by atoms with Gasteiger partial charge < -0.3 is 9.47 Å². The number of rotatable bonds is 30. The Balaban J connectivity index is 2.02. The zero-order valence-electron chi connectivity index (χ0n) is 29.3. The summed E-state index contributed by atoms with van der Waals surface area (Å²) in [6.07, 6.45) is 43.1. The summed E-state index contributed by atoms with van der Waals surface area (Å²) in [5.41, 5.74) is 0. The Morgan fingerprint density at radius 2 is 0.818 bits per heavy atom. The minimum absolute atomic E-state index is 0.116. The molecule has 0 aromatic heterocycles. The summed E-state index contributed by atoms with van der Waals surface area (Å²) >= 11 is 0. The zero-order valence-corrected chi connectivity index (χ0v) is 29.3. The summed E-state index contributed by atoms with van der Waals surface area (Å²) in [4.78, 5) is 25.0. The molecule has 0 aromatic carbocycles. The van der Waals surface area contributed by atoms with E-state index < -0.39 is 0 Å². The first-order chi connectivity index (χ1) is 21.7. The van der Waals surface area contributed by atoms with Gasteiger partial charge in [0.1, 0.15) is 12.2 Å². The van der Waals surface area contributed by atoms with Crippen molar-refractivity contribution in [2.75, 3.05) is 0 Å². The predicted molar refractivity (Wildman–Crippen MR) is 188 cm³/mol. The first kappa shape index (κ1) is 40.4. The molecule has 0 heterocycles. The zero-order chi connectivity index (χ0) is 31.8. The quantitative estimate of drug-likeness (QED) is 0.0457. The topological polar surface area (TPSA) is 52.6 Å². The first-order valence-electron chi connectivity index (χ1n) is 19.4. The van der Waals surface area contributed by atoms with Crippen molar-refractivity contribution >= 4 is 11.9 Å². The molecule has 1 rings (SSSR count). The summed E-state index contributed by atoms with van der Waals surface area (Å²) < 4.78 is 11.6. The lowest BCUT2D eigenvalue weighted by Gasteiger charge is -2.30. The standard InChI is InChI=1S/C40H72O4/c1-3-5-7-9-11-13-15-17-18-20-22-24-26-28-30-36-40(42)44-38-34-32-31-33-37(38)43-39(41)35-29-27-25-23-21-19-16-14-12-10-8-6-4-2/h11,13,17-18,37-38H,3-10,12,14-16,19-36H2,1-2H3/b13-11-,18-17-/t37-,38+/m0/s1. The van der Waals surface area contributed by atoms with Crippen molar-refractivity contribution < 1.29 is 19.1 Å². The summed E-state index contributed by atoms with van der Waals surface area (Å²) in [6.45, 7) is 4.52. The van der Waals surface area contributed by atoms with Crippen LogP contribution in [0.1, 0.15) is 206 Å². The van der Waals surface area contributed by atoms with Crippen LogP contribution in [0.4, 0.5) is 0 Å². The largest absolute Gasteiger partial charge is 0.458 e. The fraction of sp³-hybridized carbons (Fsp3) is 0.850. The molecule has 0 spiro atoms. The summed E-state index contributed by atoms with van der Waals surface area (Å²) in [7, 11) is 0. The molecule has 0 radical (unpaired) electrons. The number of hydrogen-bond acceptors (Lipinski definition) is 4. The van der Waals surface area contributed by atoms with Crippen molar-refractivity contribution in [3.63, 3.8) is 0 Å². The maximum Gasteiger partial charge on any atom is 0.306 e. The van der Waals surface area contributed by atoms with Gasteiger partial charge in [0, 0.05) is 12.8 Å². The number of ether oxygens (including phenoxy) is 2. The molecule has 44 heavy (non-hydrogen) atoms. The van der Waals surface area contributed by atoms with Crippen LogP contribution in [-0.4, -0.2) is 24.1 Å². The molecular weight excluding hydrogens is 544 g/mol. The molecule has 0 unspecified atom stereocenters. The monoisotopic (exact) mass is 617 g/mol. The van der Waals surface area contributed by atoms with Gasteiger partial charge in [-0.15, -0.1) is 0 Å². The molecule has 1 fully saturated rings. The first-order valence-corrected chi connectivity index (χ1v) is 19.4. The summed E-state index contributed by atoms with van der Waals surface area (Å²) in [5, 5.41) is 0. The molecule has 0 amide bonds. The third-order valence-corrected chi connectivity index (χ3v) is 9.02. The van der Waals surface area contributed by atoms with E-state index in [1.54, 1.807) is 0 Å². The highest BCUT2D eigenvalue weighted by molar-refractivity contribution is 5.70. The van der Waals surface area contributed by atoms with E-state index in [4.69, 9.17) is 9.47 Å². The van der Waals surface area contributed by atoms with Crippen LogP contribution in [0.3, 0.4) is 0 Å². The third-order valence-electron chi connectivity index (χ3n) is 9.02. The van der Waals surface area contributed by atoms with Crippen molar-refractivity contribution in [2.45, 2.75) is 219 Å². The molecule has 256 valence electrons. The van der Waals surface area contributed by atoms with Gasteiger partial charge in [0.15, 0.2) is 0 Å². The third kappa shape index (κ3) is 25.7. The molecule has 4 nitrogen and oxygen atoms in total. The van der Waals surface area contributed by atoms with E-state index in [2.05, 4.69) is 38.2 Å². The van der Waals surface area contributed by atoms with Crippen LogP contribution in [0.2, 0.25) is 0 Å². The van der Waals surface area contributed by atoms with Gasteiger partial charge in [-0.2, -0.15) is 0 Å². The fourth-order valence-electron chi connectivity index (χ4n) is 6.16. The Hall–Kier alpha value is -1.58. The highest BCUT2D eigenvalue weighted by Gasteiger charge is 2.31. The van der Waals surface area contributed by atoms with E-state index >= 15 is 0 Å². The average molecular weight is 617 g/mol. The predicted octanol–water partition coefficient (Wildman–Crippen LogP) is 12.7. The molecule has 1 aliphatic rings. The van der Waals surface area contributed by atoms with Gasteiger partial charge in [-0.1, -0.05) is 147 Å². The van der Waals surface area contributed by atoms with Gasteiger partial charge in [-0.3, -0.25) is 9.59 Å². The molecule has 0 saturated heterocycles. The van der Waals surface area contributed by atoms with Gasteiger partial charge in [0.2, 0.25) is 0 Å². The van der Waals surface area contributed by atoms with E-state index in [-0.39, 0.29) is 24.1 Å². The van der Waals surface area contributed by atoms with Crippen LogP contribution in [-0.2, 0) is 19.1 Å². The second-order valence-electron chi connectivity index (χ2n) is 13.3. The molecule has 1 aliphatic carbocycles. The molecule has 0 N–H and O–H groups in total. The highest BCUT2D eigenvalue weighted by Crippen LogP contribution is 2.25. The Kier molecular flexibility index (Phi) is 28.9. The number of carbonyl (C=O) groups is 2. The summed E-state index contributed by atoms with van der Waals surface area (Å²) in [5.74, 6) is -0.241. The highest BCUT2D eigenvalue weighted by atomic mass is 16.6. The van der Waals surface area contributed by atoms with E-state index in [1.165, 1.54) is 116 Å². The van der Waals surface area contributed by atoms with Crippen molar-refractivity contribution in [1.82, 2.24) is 0 Å². The fourth-order valence-corrected chi connectivity index (χ4v) is 6.16. The maximum atomic E-state index is 12.5. The average Bonchev–Trinajstić information content (AvgIpc) is 3.02. The van der Waals surface area contributed by atoms with Gasteiger partial charge in [0.25, 0.3) is 0 Å². The Bertz CT molecular complexity index is 712. The number of hydrogen-bond donors (Lipinski definition) is 0. The maximum absolute atomic E-state index is 12.5. The van der Waals surface area contributed by atoms with Gasteiger partial charge in [0.05, 0.1) is 0 Å². The van der Waals surface area contributed by atoms with Gasteiger partial charge in [-0.05, 0) is 70.6 Å². The van der Waals surface area contributed by atoms with Gasteiger partial charge in [-0.25, -0.2) is 0 Å². The molecule has 0 aromatic rings. The van der Waals surface area contributed by atoms with Crippen LogP contribution in [0, 0.1) is 0 Å². The number of esters is 2. The van der Waals surface area contributed by atoms with Crippen molar-refractivity contribution in [2.24, 2.45) is 0 Å². The minimum Gasteiger partial charge on any atom is -0.458 e. The van der Waals surface area contributed by atoms with Crippen molar-refractivity contribution in [3.8, 4) is 0 Å². The van der Waals surface area contributed by atoms with E-state index in [0.717, 1.165) is 64.2 Å². The minimum atomic E-state index is -0.259. The van der Waals surface area contributed by atoms with Crippen LogP contribution in [0.25, 0.3) is 0 Å². The van der Waals surface area contributed by atoms with Gasteiger partial charge >= 0.3 is 11.9 Å². The number of unbranched alkanes of at least 4 members (excludes halogenated alkanes) is 20. The summed E-state index contributed by atoms with van der Waals surface area (Å²) in [6, 6.07) is 0. The second kappa shape index (κ2) is 31.4. The van der Waals surface area contributed by atoms with Crippen LogP contribution in [0.15, 0.2) is 24.3 Å². The normalized spacial score (nSPS) is 17.0. The molecule has 0 aliphatic heterocycles. The molecule has 1 saturated carbocycles. The van der Waals surface area contributed by atoms with Crippen LogP contribution >= 0.6 is 0 Å². The van der Waals surface area contributed by atoms with E-state index in [0.29, 0.717) is 12.8 Å². The Labute approximate surface area is 273 Å². The lowest BCUT2D eigenvalue weighted by Crippen LogP contribution is -2.37. The number of carbonyl (C=O) groups excluding carboxylic acids is 2. The lowest BCUT2D eigenvalue weighted by molar-refractivity contribution is -0.171. The Morgan fingerprint density at radius 1 is 0.477 bits per heavy atom. The lowest BCUT2D eigenvalue weighted by atomic mass is 9.94.